The van der Waals surface area contributed by atoms with E-state index in [4.69, 9.17) is 9.47 Å². The Bertz CT molecular complexity index is 1210. The fourth-order valence-corrected chi connectivity index (χ4v) is 2.88. The molecule has 0 aliphatic rings. The molecule has 8 nitrogen and oxygen atoms in total. The largest absolute Gasteiger partial charge is 0.481 e. The maximum atomic E-state index is 15.4. The van der Waals surface area contributed by atoms with Crippen LogP contribution in [0.4, 0.5) is 8.78 Å². The van der Waals surface area contributed by atoms with Gasteiger partial charge in [0.15, 0.2) is 5.82 Å². The van der Waals surface area contributed by atoms with Crippen molar-refractivity contribution in [2.24, 2.45) is 0 Å². The van der Waals surface area contributed by atoms with Crippen molar-refractivity contribution in [3.05, 3.63) is 46.6 Å². The molecule has 4 aromatic rings. The topological polar surface area (TPSA) is 106 Å². The number of nitrogens with one attached hydrogen (secondary N) is 2. The van der Waals surface area contributed by atoms with Crippen LogP contribution in [0, 0.1) is 11.6 Å². The Hall–Kier alpha value is -3.69. The summed E-state index contributed by atoms with van der Waals surface area (Å²) in [7, 11) is 2.75. The van der Waals surface area contributed by atoms with Crippen molar-refractivity contribution >= 4 is 10.9 Å². The van der Waals surface area contributed by atoms with Gasteiger partial charge in [-0.2, -0.15) is 4.98 Å². The Kier molecular flexibility index (Phi) is 3.87. The van der Waals surface area contributed by atoms with Crippen LogP contribution in [0.25, 0.3) is 33.4 Å². The molecule has 0 spiro atoms. The van der Waals surface area contributed by atoms with E-state index in [1.807, 2.05) is 0 Å². The van der Waals surface area contributed by atoms with Gasteiger partial charge < -0.3 is 14.5 Å². The van der Waals surface area contributed by atoms with E-state index in [-0.39, 0.29) is 45.2 Å². The minimum absolute atomic E-state index is 0.00145. The first-order valence-corrected chi connectivity index (χ1v) is 7.68. The Labute approximate surface area is 149 Å². The second-order valence-electron chi connectivity index (χ2n) is 5.53. The molecule has 3 aromatic heterocycles. The number of hydrogen-bond donors (Lipinski definition) is 2. The zero-order chi connectivity index (χ0) is 19.1. The molecule has 1 aromatic carbocycles. The van der Waals surface area contributed by atoms with Crippen LogP contribution in [0.2, 0.25) is 0 Å². The summed E-state index contributed by atoms with van der Waals surface area (Å²) in [6.45, 7) is 0. The number of aromatic nitrogens is 4. The Morgan fingerprint density at radius 2 is 1.96 bits per heavy atom. The van der Waals surface area contributed by atoms with Gasteiger partial charge in [0.05, 0.1) is 30.9 Å². The zero-order valence-corrected chi connectivity index (χ0v) is 14.1. The molecule has 0 amide bonds. The molecule has 0 atom stereocenters. The van der Waals surface area contributed by atoms with E-state index < -0.39 is 17.4 Å². The maximum absolute atomic E-state index is 15.4. The summed E-state index contributed by atoms with van der Waals surface area (Å²) in [5.41, 5.74) is 0.181. The standard InChI is InChI=1S/C17H12F2N4O4/c1-25-11-4-3-7(16(21-11)26-2)12-9(18)5-10-13(14(12)19)8(6-20-10)15-22-17(24)27-23-15/h3-6,20H,1-2H3,(H,22,23,24). The number of aromatic amines is 2. The quantitative estimate of drug-likeness (QED) is 0.569. The number of fused-ring (bicyclic) bond motifs is 1. The van der Waals surface area contributed by atoms with Crippen molar-refractivity contribution in [1.29, 1.82) is 0 Å². The van der Waals surface area contributed by atoms with Crippen LogP contribution in [0.15, 0.2) is 33.7 Å². The van der Waals surface area contributed by atoms with E-state index in [2.05, 4.69) is 24.6 Å². The SMILES string of the molecule is COc1ccc(-c2c(F)cc3[nH]cc(-c4noc(=O)[nH]4)c3c2F)c(OC)n1. The van der Waals surface area contributed by atoms with Crippen molar-refractivity contribution in [2.75, 3.05) is 14.2 Å². The second kappa shape index (κ2) is 6.24. The number of methoxy groups -OCH3 is 2. The lowest BCUT2D eigenvalue weighted by molar-refractivity contribution is 0.365. The number of pyridine rings is 1. The second-order valence-corrected chi connectivity index (χ2v) is 5.53. The molecule has 2 N–H and O–H groups in total. The van der Waals surface area contributed by atoms with Gasteiger partial charge in [-0.05, 0) is 12.1 Å². The summed E-state index contributed by atoms with van der Waals surface area (Å²) in [6, 6.07) is 4.05. The molecule has 138 valence electrons. The van der Waals surface area contributed by atoms with Crippen LogP contribution < -0.4 is 15.2 Å². The van der Waals surface area contributed by atoms with Gasteiger partial charge in [-0.1, -0.05) is 5.16 Å². The summed E-state index contributed by atoms with van der Waals surface area (Å²) in [5, 5.41) is 3.59. The zero-order valence-electron chi connectivity index (χ0n) is 14.1. The fourth-order valence-electron chi connectivity index (χ4n) is 2.88. The van der Waals surface area contributed by atoms with Crippen LogP contribution in [0.3, 0.4) is 0 Å². The van der Waals surface area contributed by atoms with Gasteiger partial charge in [0.2, 0.25) is 11.8 Å². The highest BCUT2D eigenvalue weighted by atomic mass is 19.1. The summed E-state index contributed by atoms with van der Waals surface area (Å²) in [6.07, 6.45) is 1.40. The highest BCUT2D eigenvalue weighted by Crippen LogP contribution is 2.39. The Morgan fingerprint density at radius 3 is 2.63 bits per heavy atom. The molecule has 10 heteroatoms. The van der Waals surface area contributed by atoms with Crippen molar-refractivity contribution in [1.82, 2.24) is 20.1 Å². The molecule has 4 rings (SSSR count). The van der Waals surface area contributed by atoms with Gasteiger partial charge in [0.1, 0.15) is 11.6 Å². The minimum atomic E-state index is -0.865. The Morgan fingerprint density at radius 1 is 1.15 bits per heavy atom. The third-order valence-corrected chi connectivity index (χ3v) is 4.06. The van der Waals surface area contributed by atoms with Gasteiger partial charge in [0, 0.05) is 23.2 Å². The fraction of sp³-hybridized carbons (Fsp3) is 0.118. The molecule has 0 saturated carbocycles. The molecule has 0 fully saturated rings. The van der Waals surface area contributed by atoms with Gasteiger partial charge in [0.25, 0.3) is 0 Å². The minimum Gasteiger partial charge on any atom is -0.481 e. The van der Waals surface area contributed by atoms with E-state index in [1.54, 1.807) is 0 Å². The number of H-pyrrole nitrogens is 2. The molecule has 0 aliphatic heterocycles. The maximum Gasteiger partial charge on any atom is 0.439 e. The summed E-state index contributed by atoms with van der Waals surface area (Å²) < 4.78 is 44.7. The summed E-state index contributed by atoms with van der Waals surface area (Å²) in [5.74, 6) is -2.22. The number of benzene rings is 1. The van der Waals surface area contributed by atoms with Crippen LogP contribution in [0.1, 0.15) is 0 Å². The highest BCUT2D eigenvalue weighted by molar-refractivity contribution is 5.97. The average molecular weight is 374 g/mol. The number of nitrogens with zero attached hydrogens (tertiary/aromatic N) is 2. The predicted octanol–water partition coefficient (Wildman–Crippen LogP) is 2.87. The summed E-state index contributed by atoms with van der Waals surface area (Å²) >= 11 is 0. The van der Waals surface area contributed by atoms with E-state index in [9.17, 15) is 9.18 Å². The molecular formula is C17H12F2N4O4. The number of hydrogen-bond acceptors (Lipinski definition) is 6. The first kappa shape index (κ1) is 16.8. The average Bonchev–Trinajstić information content (AvgIpc) is 3.27. The molecule has 0 unspecified atom stereocenters. The van der Waals surface area contributed by atoms with E-state index in [0.717, 1.165) is 6.07 Å². The summed E-state index contributed by atoms with van der Waals surface area (Å²) in [4.78, 5) is 20.4. The predicted molar refractivity (Wildman–Crippen MR) is 90.7 cm³/mol. The van der Waals surface area contributed by atoms with Crippen molar-refractivity contribution in [3.8, 4) is 34.3 Å². The normalized spacial score (nSPS) is 11.1. The molecular weight excluding hydrogens is 362 g/mol. The van der Waals surface area contributed by atoms with Crippen molar-refractivity contribution in [3.63, 3.8) is 0 Å². The third-order valence-electron chi connectivity index (χ3n) is 4.06. The van der Waals surface area contributed by atoms with E-state index in [1.165, 1.54) is 32.5 Å². The van der Waals surface area contributed by atoms with Crippen molar-refractivity contribution < 1.29 is 22.8 Å². The Balaban J connectivity index is 2.01. The van der Waals surface area contributed by atoms with Crippen LogP contribution in [0.5, 0.6) is 11.8 Å². The van der Waals surface area contributed by atoms with Gasteiger partial charge in [-0.25, -0.2) is 13.6 Å². The molecule has 0 bridgehead atoms. The van der Waals surface area contributed by atoms with E-state index >= 15 is 4.39 Å². The molecule has 3 heterocycles. The van der Waals surface area contributed by atoms with E-state index in [0.29, 0.717) is 0 Å². The monoisotopic (exact) mass is 374 g/mol. The van der Waals surface area contributed by atoms with Gasteiger partial charge >= 0.3 is 5.76 Å². The molecule has 0 saturated heterocycles. The lowest BCUT2D eigenvalue weighted by atomic mass is 10.0. The smallest absolute Gasteiger partial charge is 0.439 e. The number of ether oxygens (including phenoxy) is 2. The van der Waals surface area contributed by atoms with Crippen LogP contribution >= 0.6 is 0 Å². The molecule has 27 heavy (non-hydrogen) atoms. The van der Waals surface area contributed by atoms with Crippen LogP contribution in [-0.4, -0.2) is 34.3 Å². The number of halogens is 2. The third kappa shape index (κ3) is 2.62. The molecule has 0 aliphatic carbocycles. The lowest BCUT2D eigenvalue weighted by Gasteiger charge is -2.12. The highest BCUT2D eigenvalue weighted by Gasteiger charge is 2.24. The van der Waals surface area contributed by atoms with Crippen molar-refractivity contribution in [2.45, 2.75) is 0 Å². The van der Waals surface area contributed by atoms with Crippen LogP contribution in [-0.2, 0) is 0 Å². The first-order chi connectivity index (χ1) is 13.0. The van der Waals surface area contributed by atoms with Gasteiger partial charge in [-0.3, -0.25) is 9.51 Å². The van der Waals surface area contributed by atoms with Gasteiger partial charge in [-0.15, -0.1) is 0 Å². The number of rotatable bonds is 4. The first-order valence-electron chi connectivity index (χ1n) is 7.68. The molecule has 0 radical (unpaired) electrons. The lowest BCUT2D eigenvalue weighted by Crippen LogP contribution is -1.99.